The zero-order valence-corrected chi connectivity index (χ0v) is 24.0. The fourth-order valence-electron chi connectivity index (χ4n) is 4.19. The molecular weight excluding hydrogens is 514 g/mol. The minimum Gasteiger partial charge on any atom is -0.497 e. The number of rotatable bonds is 14. The third-order valence-corrected chi connectivity index (χ3v) is 6.36. The van der Waals surface area contributed by atoms with Crippen molar-refractivity contribution >= 4 is 17.8 Å². The molecule has 3 rings (SSSR count). The van der Waals surface area contributed by atoms with Crippen LogP contribution in [0.3, 0.4) is 0 Å². The highest BCUT2D eigenvalue weighted by atomic mass is 16.6. The van der Waals surface area contributed by atoms with Crippen molar-refractivity contribution in [3.8, 4) is 11.5 Å². The molecule has 1 heterocycles. The van der Waals surface area contributed by atoms with Crippen LogP contribution in [-0.2, 0) is 25.5 Å². The van der Waals surface area contributed by atoms with Gasteiger partial charge in [-0.2, -0.15) is 0 Å². The van der Waals surface area contributed by atoms with Gasteiger partial charge in [0.15, 0.2) is 5.54 Å². The Bertz CT molecular complexity index is 1140. The predicted octanol–water partition coefficient (Wildman–Crippen LogP) is 3.35. The Hall–Kier alpha value is -3.63. The number of aliphatic imine (C=N–C) groups is 1. The molecule has 10 nitrogen and oxygen atoms in total. The minimum atomic E-state index is -1.34. The van der Waals surface area contributed by atoms with E-state index in [0.29, 0.717) is 43.2 Å². The molecule has 0 saturated carbocycles. The van der Waals surface area contributed by atoms with Gasteiger partial charge in [-0.3, -0.25) is 15.0 Å². The second-order valence-electron chi connectivity index (χ2n) is 10.6. The number of nitrogens with one attached hydrogen (secondary N) is 2. The molecule has 40 heavy (non-hydrogen) atoms. The maximum atomic E-state index is 13.6. The number of hydrogen-bond donors (Lipinski definition) is 3. The van der Waals surface area contributed by atoms with Gasteiger partial charge in [0, 0.05) is 31.6 Å². The van der Waals surface area contributed by atoms with Crippen molar-refractivity contribution in [3.63, 3.8) is 0 Å². The van der Waals surface area contributed by atoms with Gasteiger partial charge >= 0.3 is 5.97 Å². The summed E-state index contributed by atoms with van der Waals surface area (Å²) in [6.07, 6.45) is 0.703. The standard InChI is InChI=1S/C30H41N3O7/c1-21-30(17-15-26(35)40-29(2,3)4,28(36)33-31-18-16-22-7-11-24(37-5)12-8-22)32-27(39-21)23-9-13-25(14-10-23)38-20-6-19-34/h7-14,21,31,34H,6,15-20H2,1-5H3,(H,33,36)/t21-,30-/m0/s1. The summed E-state index contributed by atoms with van der Waals surface area (Å²) in [6, 6.07) is 14.9. The Kier molecular flexibility index (Phi) is 10.9. The first-order valence-electron chi connectivity index (χ1n) is 13.5. The van der Waals surface area contributed by atoms with Crippen molar-refractivity contribution in [1.29, 1.82) is 0 Å². The molecule has 0 radical (unpaired) electrons. The van der Waals surface area contributed by atoms with Crippen LogP contribution >= 0.6 is 0 Å². The second kappa shape index (κ2) is 14.1. The number of benzene rings is 2. The average molecular weight is 556 g/mol. The second-order valence-corrected chi connectivity index (χ2v) is 10.6. The Labute approximate surface area is 236 Å². The largest absolute Gasteiger partial charge is 0.497 e. The molecule has 0 fully saturated rings. The maximum Gasteiger partial charge on any atom is 0.306 e. The lowest BCUT2D eigenvalue weighted by molar-refractivity contribution is -0.155. The summed E-state index contributed by atoms with van der Waals surface area (Å²) in [5.41, 5.74) is 5.56. The number of hydrazine groups is 1. The number of esters is 1. The van der Waals surface area contributed by atoms with Gasteiger partial charge in [0.05, 0.1) is 13.7 Å². The minimum absolute atomic E-state index is 0.00134. The molecule has 3 N–H and O–H groups in total. The van der Waals surface area contributed by atoms with Gasteiger partial charge < -0.3 is 24.1 Å². The Morgan fingerprint density at radius 1 is 1.07 bits per heavy atom. The summed E-state index contributed by atoms with van der Waals surface area (Å²) in [5.74, 6) is 0.945. The molecule has 2 atom stereocenters. The van der Waals surface area contributed by atoms with Gasteiger partial charge in [-0.25, -0.2) is 10.4 Å². The highest BCUT2D eigenvalue weighted by Crippen LogP contribution is 2.34. The van der Waals surface area contributed by atoms with Gasteiger partial charge in [0.25, 0.3) is 5.91 Å². The molecule has 0 aliphatic carbocycles. The van der Waals surface area contributed by atoms with Crippen molar-refractivity contribution in [2.24, 2.45) is 4.99 Å². The summed E-state index contributed by atoms with van der Waals surface area (Å²) in [6.45, 7) is 8.13. The van der Waals surface area contributed by atoms with E-state index < -0.39 is 29.1 Å². The monoisotopic (exact) mass is 555 g/mol. The number of ether oxygens (including phenoxy) is 4. The predicted molar refractivity (Wildman–Crippen MR) is 151 cm³/mol. The molecule has 10 heteroatoms. The number of aliphatic hydroxyl groups excluding tert-OH is 1. The number of carbonyl (C=O) groups excluding carboxylic acids is 2. The summed E-state index contributed by atoms with van der Waals surface area (Å²) in [5, 5.41) is 8.94. The summed E-state index contributed by atoms with van der Waals surface area (Å²) < 4.78 is 22.3. The van der Waals surface area contributed by atoms with Crippen LogP contribution < -0.4 is 20.3 Å². The summed E-state index contributed by atoms with van der Waals surface area (Å²) >= 11 is 0. The summed E-state index contributed by atoms with van der Waals surface area (Å²) in [4.78, 5) is 30.9. The highest BCUT2D eigenvalue weighted by molar-refractivity contribution is 6.00. The van der Waals surface area contributed by atoms with E-state index in [1.807, 2.05) is 24.3 Å². The fraction of sp³-hybridized carbons (Fsp3) is 0.500. The zero-order valence-electron chi connectivity index (χ0n) is 24.0. The topological polar surface area (TPSA) is 128 Å². The molecule has 0 bridgehead atoms. The lowest BCUT2D eigenvalue weighted by Crippen LogP contribution is -2.55. The van der Waals surface area contributed by atoms with Gasteiger partial charge in [-0.1, -0.05) is 12.1 Å². The Morgan fingerprint density at radius 3 is 2.38 bits per heavy atom. The van der Waals surface area contributed by atoms with E-state index in [1.165, 1.54) is 0 Å². The van der Waals surface area contributed by atoms with Crippen molar-refractivity contribution in [2.45, 2.75) is 70.6 Å². The van der Waals surface area contributed by atoms with Crippen LogP contribution in [0.5, 0.6) is 11.5 Å². The van der Waals surface area contributed by atoms with E-state index in [1.54, 1.807) is 59.1 Å². The highest BCUT2D eigenvalue weighted by Gasteiger charge is 2.50. The molecule has 0 aromatic heterocycles. The Morgan fingerprint density at radius 2 is 1.75 bits per heavy atom. The van der Waals surface area contributed by atoms with E-state index in [-0.39, 0.29) is 19.4 Å². The molecule has 0 spiro atoms. The van der Waals surface area contributed by atoms with Crippen molar-refractivity contribution in [3.05, 3.63) is 59.7 Å². The molecule has 1 aliphatic heterocycles. The smallest absolute Gasteiger partial charge is 0.306 e. The van der Waals surface area contributed by atoms with Crippen LogP contribution in [-0.4, -0.2) is 67.0 Å². The molecule has 218 valence electrons. The van der Waals surface area contributed by atoms with E-state index >= 15 is 0 Å². The molecule has 2 aromatic carbocycles. The first-order chi connectivity index (χ1) is 19.1. The fourth-order valence-corrected chi connectivity index (χ4v) is 4.19. The van der Waals surface area contributed by atoms with Crippen molar-refractivity contribution in [2.75, 3.05) is 26.9 Å². The molecule has 1 aliphatic rings. The number of nitrogens with zero attached hydrogens (tertiary/aromatic N) is 1. The SMILES string of the molecule is COc1ccc(CCNNC(=O)[C@@]2(CCC(=O)OC(C)(C)C)N=C(c3ccc(OCCCO)cc3)O[C@H]2C)cc1. The lowest BCUT2D eigenvalue weighted by Gasteiger charge is -2.28. The van der Waals surface area contributed by atoms with Gasteiger partial charge in [0.1, 0.15) is 23.2 Å². The quantitative estimate of drug-likeness (QED) is 0.184. The van der Waals surface area contributed by atoms with E-state index in [9.17, 15) is 9.59 Å². The zero-order chi connectivity index (χ0) is 29.2. The van der Waals surface area contributed by atoms with Gasteiger partial charge in [-0.15, -0.1) is 0 Å². The number of methoxy groups -OCH3 is 1. The number of amides is 1. The lowest BCUT2D eigenvalue weighted by atomic mass is 9.88. The molecular formula is C30H41N3O7. The first kappa shape index (κ1) is 30.9. The molecule has 2 aromatic rings. The number of hydrogen-bond acceptors (Lipinski definition) is 9. The van der Waals surface area contributed by atoms with Crippen LogP contribution in [0.25, 0.3) is 0 Å². The first-order valence-corrected chi connectivity index (χ1v) is 13.5. The normalized spacial score (nSPS) is 18.4. The van der Waals surface area contributed by atoms with Gasteiger partial charge in [0.2, 0.25) is 5.90 Å². The van der Waals surface area contributed by atoms with Crippen molar-refractivity contribution in [1.82, 2.24) is 10.9 Å². The van der Waals surface area contributed by atoms with Crippen molar-refractivity contribution < 1.29 is 33.6 Å². The van der Waals surface area contributed by atoms with Crippen LogP contribution in [0.2, 0.25) is 0 Å². The third kappa shape index (κ3) is 8.69. The van der Waals surface area contributed by atoms with Crippen LogP contribution in [0.4, 0.5) is 0 Å². The van der Waals surface area contributed by atoms with Crippen LogP contribution in [0, 0.1) is 0 Å². The van der Waals surface area contributed by atoms with E-state index in [0.717, 1.165) is 11.3 Å². The maximum absolute atomic E-state index is 13.6. The van der Waals surface area contributed by atoms with E-state index in [2.05, 4.69) is 10.9 Å². The summed E-state index contributed by atoms with van der Waals surface area (Å²) in [7, 11) is 1.62. The Balaban J connectivity index is 1.72. The molecule has 0 unspecified atom stereocenters. The molecule has 0 saturated heterocycles. The molecule has 1 amide bonds. The van der Waals surface area contributed by atoms with Crippen LogP contribution in [0.1, 0.15) is 58.1 Å². The average Bonchev–Trinajstić information content (AvgIpc) is 3.27. The number of aliphatic hydroxyl groups is 1. The van der Waals surface area contributed by atoms with E-state index in [4.69, 9.17) is 29.0 Å². The third-order valence-electron chi connectivity index (χ3n) is 6.36. The van der Waals surface area contributed by atoms with Gasteiger partial charge in [-0.05, 0) is 82.5 Å². The number of carbonyl (C=O) groups is 2. The van der Waals surface area contributed by atoms with Crippen LogP contribution in [0.15, 0.2) is 53.5 Å².